The van der Waals surface area contributed by atoms with Crippen LogP contribution in [0.2, 0.25) is 0 Å². The van der Waals surface area contributed by atoms with E-state index in [4.69, 9.17) is 4.74 Å². The molecule has 14 heavy (non-hydrogen) atoms. The summed E-state index contributed by atoms with van der Waals surface area (Å²) in [6.07, 6.45) is 7.81. The second-order valence-corrected chi connectivity index (χ2v) is 3.57. The normalized spacial score (nSPS) is 18.3. The Kier molecular flexibility index (Phi) is 5.08. The summed E-state index contributed by atoms with van der Waals surface area (Å²) in [7, 11) is 0. The van der Waals surface area contributed by atoms with E-state index in [2.05, 4.69) is 18.5 Å². The van der Waals surface area contributed by atoms with Gasteiger partial charge in [-0.1, -0.05) is 25.3 Å². The minimum absolute atomic E-state index is 0.685. The van der Waals surface area contributed by atoms with E-state index in [0.717, 1.165) is 25.5 Å². The summed E-state index contributed by atoms with van der Waals surface area (Å²) in [5.74, 6) is 1.41. The molecular weight excluding hydrogens is 174 g/mol. The van der Waals surface area contributed by atoms with E-state index >= 15 is 0 Å². The van der Waals surface area contributed by atoms with Gasteiger partial charge in [0.25, 0.3) is 0 Å². The molecule has 78 valence electrons. The average molecular weight is 193 g/mol. The maximum Gasteiger partial charge on any atom is 0.112 e. The fraction of sp³-hybridized carbons (Fsp3) is 0.500. The van der Waals surface area contributed by atoms with Crippen molar-refractivity contribution < 1.29 is 4.74 Å². The van der Waals surface area contributed by atoms with Crippen molar-refractivity contribution in [3.05, 3.63) is 37.1 Å². The van der Waals surface area contributed by atoms with Crippen molar-refractivity contribution >= 4 is 0 Å². The third kappa shape index (κ3) is 4.28. The van der Waals surface area contributed by atoms with E-state index in [9.17, 15) is 0 Å². The second kappa shape index (κ2) is 6.44. The monoisotopic (exact) mass is 193 g/mol. The van der Waals surface area contributed by atoms with Crippen LogP contribution in [0.25, 0.3) is 0 Å². The Bertz CT molecular complexity index is 214. The summed E-state index contributed by atoms with van der Waals surface area (Å²) in [6.45, 7) is 10.4. The summed E-state index contributed by atoms with van der Waals surface area (Å²) in [5.41, 5.74) is 0. The number of hydrogen-bond donors (Lipinski definition) is 1. The second-order valence-electron chi connectivity index (χ2n) is 3.57. The largest absolute Gasteiger partial charge is 0.494 e. The minimum Gasteiger partial charge on any atom is -0.494 e. The molecule has 0 unspecified atom stereocenters. The van der Waals surface area contributed by atoms with Crippen molar-refractivity contribution in [3.8, 4) is 0 Å². The smallest absolute Gasteiger partial charge is 0.112 e. The molecular formula is C12H19NO. The summed E-state index contributed by atoms with van der Waals surface area (Å²) in [4.78, 5) is 0. The Balaban J connectivity index is 2.15. The van der Waals surface area contributed by atoms with Gasteiger partial charge in [-0.25, -0.2) is 0 Å². The first kappa shape index (κ1) is 11.1. The van der Waals surface area contributed by atoms with Gasteiger partial charge in [0.05, 0.1) is 6.61 Å². The van der Waals surface area contributed by atoms with E-state index in [1.54, 1.807) is 6.08 Å². The molecule has 0 spiro atoms. The molecule has 0 saturated carbocycles. The van der Waals surface area contributed by atoms with Crippen LogP contribution in [-0.2, 0) is 4.74 Å². The van der Waals surface area contributed by atoms with Crippen LogP contribution in [0.1, 0.15) is 12.8 Å². The number of hydrogen-bond acceptors (Lipinski definition) is 2. The Labute approximate surface area is 86.3 Å². The number of ether oxygens (including phenoxy) is 1. The van der Waals surface area contributed by atoms with Gasteiger partial charge in [-0.05, 0) is 37.9 Å². The van der Waals surface area contributed by atoms with Gasteiger partial charge >= 0.3 is 0 Å². The Morgan fingerprint density at radius 3 is 2.79 bits per heavy atom. The van der Waals surface area contributed by atoms with E-state index in [-0.39, 0.29) is 0 Å². The van der Waals surface area contributed by atoms with Crippen LogP contribution >= 0.6 is 0 Å². The lowest BCUT2D eigenvalue weighted by atomic mass is 9.99. The van der Waals surface area contributed by atoms with Crippen LogP contribution in [0, 0.1) is 5.92 Å². The Morgan fingerprint density at radius 1 is 1.43 bits per heavy atom. The number of allylic oxidation sites excluding steroid dienone is 3. The van der Waals surface area contributed by atoms with Gasteiger partial charge in [-0.2, -0.15) is 0 Å². The van der Waals surface area contributed by atoms with Gasteiger partial charge in [0, 0.05) is 0 Å². The highest BCUT2D eigenvalue weighted by Crippen LogP contribution is 2.13. The number of nitrogens with one attached hydrogen (secondary N) is 1. The summed E-state index contributed by atoms with van der Waals surface area (Å²) < 4.78 is 5.53. The number of rotatable bonds is 5. The highest BCUT2D eigenvalue weighted by Gasteiger charge is 2.12. The van der Waals surface area contributed by atoms with Crippen molar-refractivity contribution in [3.63, 3.8) is 0 Å². The zero-order chi connectivity index (χ0) is 10.2. The maximum absolute atomic E-state index is 5.53. The summed E-state index contributed by atoms with van der Waals surface area (Å²) >= 11 is 0. The van der Waals surface area contributed by atoms with Crippen molar-refractivity contribution in [1.29, 1.82) is 0 Å². The lowest BCUT2D eigenvalue weighted by molar-refractivity contribution is 0.155. The molecule has 0 aliphatic carbocycles. The molecule has 1 heterocycles. The molecule has 1 fully saturated rings. The molecule has 1 rings (SSSR count). The maximum atomic E-state index is 5.53. The van der Waals surface area contributed by atoms with Crippen LogP contribution < -0.4 is 5.32 Å². The highest BCUT2D eigenvalue weighted by molar-refractivity contribution is 5.12. The van der Waals surface area contributed by atoms with Gasteiger partial charge in [0.1, 0.15) is 5.76 Å². The molecule has 1 N–H and O–H groups in total. The third-order valence-electron chi connectivity index (χ3n) is 2.38. The Morgan fingerprint density at radius 2 is 2.14 bits per heavy atom. The average Bonchev–Trinajstić information content (AvgIpc) is 2.25. The fourth-order valence-electron chi connectivity index (χ4n) is 1.50. The van der Waals surface area contributed by atoms with Gasteiger partial charge in [-0.15, -0.1) is 0 Å². The third-order valence-corrected chi connectivity index (χ3v) is 2.38. The van der Waals surface area contributed by atoms with E-state index in [1.165, 1.54) is 12.8 Å². The molecule has 1 aliphatic rings. The first-order chi connectivity index (χ1) is 6.83. The van der Waals surface area contributed by atoms with E-state index in [0.29, 0.717) is 5.92 Å². The quantitative estimate of drug-likeness (QED) is 0.534. The summed E-state index contributed by atoms with van der Waals surface area (Å²) in [6, 6.07) is 0. The van der Waals surface area contributed by atoms with Crippen molar-refractivity contribution in [1.82, 2.24) is 5.32 Å². The van der Waals surface area contributed by atoms with Crippen molar-refractivity contribution in [2.75, 3.05) is 19.7 Å². The molecule has 1 saturated heterocycles. The SMILES string of the molecule is C=C/C=C\C(=C)OCC1CCNCC1. The zero-order valence-corrected chi connectivity index (χ0v) is 8.67. The van der Waals surface area contributed by atoms with E-state index < -0.39 is 0 Å². The molecule has 0 aromatic rings. The van der Waals surface area contributed by atoms with Crippen LogP contribution in [0.3, 0.4) is 0 Å². The molecule has 2 heteroatoms. The first-order valence-electron chi connectivity index (χ1n) is 5.14. The highest BCUT2D eigenvalue weighted by atomic mass is 16.5. The molecule has 0 atom stereocenters. The van der Waals surface area contributed by atoms with Gasteiger partial charge in [0.2, 0.25) is 0 Å². The summed E-state index contributed by atoms with van der Waals surface area (Å²) in [5, 5.41) is 3.33. The molecule has 2 nitrogen and oxygen atoms in total. The predicted molar refractivity (Wildman–Crippen MR) is 60.0 cm³/mol. The molecule has 0 bridgehead atoms. The topological polar surface area (TPSA) is 21.3 Å². The lowest BCUT2D eigenvalue weighted by Gasteiger charge is -2.22. The van der Waals surface area contributed by atoms with Crippen LogP contribution in [0.15, 0.2) is 37.1 Å². The lowest BCUT2D eigenvalue weighted by Crippen LogP contribution is -2.29. The Hall–Kier alpha value is -1.02. The standard InChI is InChI=1S/C12H19NO/c1-3-4-5-11(2)14-10-12-6-8-13-9-7-12/h3-5,12-13H,1-2,6-10H2/b5-4-. The fourth-order valence-corrected chi connectivity index (χ4v) is 1.50. The van der Waals surface area contributed by atoms with Crippen LogP contribution in [0.5, 0.6) is 0 Å². The van der Waals surface area contributed by atoms with Crippen LogP contribution in [-0.4, -0.2) is 19.7 Å². The van der Waals surface area contributed by atoms with Gasteiger partial charge in [0.15, 0.2) is 0 Å². The van der Waals surface area contributed by atoms with Gasteiger partial charge < -0.3 is 10.1 Å². The van der Waals surface area contributed by atoms with Crippen LogP contribution in [0.4, 0.5) is 0 Å². The molecule has 0 radical (unpaired) electrons. The minimum atomic E-state index is 0.685. The van der Waals surface area contributed by atoms with E-state index in [1.807, 2.05) is 12.2 Å². The van der Waals surface area contributed by atoms with Crippen molar-refractivity contribution in [2.24, 2.45) is 5.92 Å². The van der Waals surface area contributed by atoms with Gasteiger partial charge in [-0.3, -0.25) is 0 Å². The molecule has 0 aromatic carbocycles. The zero-order valence-electron chi connectivity index (χ0n) is 8.67. The first-order valence-corrected chi connectivity index (χ1v) is 5.14. The van der Waals surface area contributed by atoms with Crippen molar-refractivity contribution in [2.45, 2.75) is 12.8 Å². The molecule has 0 amide bonds. The number of piperidine rings is 1. The molecule has 1 aliphatic heterocycles. The predicted octanol–water partition coefficient (Wildman–Crippen LogP) is 2.26. The molecule has 0 aromatic heterocycles.